The number of nitrogens with one attached hydrogen (secondary N) is 2. The van der Waals surface area contributed by atoms with Crippen LogP contribution in [0, 0.1) is 5.41 Å². The summed E-state index contributed by atoms with van der Waals surface area (Å²) in [5, 5.41) is 14.7. The van der Waals surface area contributed by atoms with Gasteiger partial charge in [-0.3, -0.25) is 0 Å². The minimum Gasteiger partial charge on any atom is -0.394 e. The average molecular weight is 278 g/mol. The van der Waals surface area contributed by atoms with Gasteiger partial charge in [-0.25, -0.2) is 4.79 Å². The molecule has 0 spiro atoms. The lowest BCUT2D eigenvalue weighted by atomic mass is 9.83. The molecule has 1 aromatic carbocycles. The Bertz CT molecular complexity index is 412. The van der Waals surface area contributed by atoms with E-state index in [0.717, 1.165) is 6.42 Å². The van der Waals surface area contributed by atoms with Gasteiger partial charge in [0.2, 0.25) is 0 Å². The normalized spacial score (nSPS) is 14.4. The second-order valence-electron chi connectivity index (χ2n) is 6.31. The number of aliphatic hydroxyl groups excluding tert-OH is 1. The molecule has 0 fully saturated rings. The third-order valence-corrected chi connectivity index (χ3v) is 3.28. The van der Waals surface area contributed by atoms with Crippen molar-refractivity contribution >= 4 is 6.03 Å². The van der Waals surface area contributed by atoms with Gasteiger partial charge in [-0.1, -0.05) is 51.1 Å². The van der Waals surface area contributed by atoms with E-state index in [-0.39, 0.29) is 30.1 Å². The summed E-state index contributed by atoms with van der Waals surface area (Å²) < 4.78 is 0. The number of benzene rings is 1. The van der Waals surface area contributed by atoms with Crippen LogP contribution in [0.15, 0.2) is 30.3 Å². The average Bonchev–Trinajstić information content (AvgIpc) is 2.38. The molecule has 0 aliphatic heterocycles. The van der Waals surface area contributed by atoms with Crippen molar-refractivity contribution in [1.29, 1.82) is 0 Å². The second kappa shape index (κ2) is 7.29. The monoisotopic (exact) mass is 278 g/mol. The van der Waals surface area contributed by atoms with Crippen LogP contribution in [0.5, 0.6) is 0 Å². The molecule has 1 rings (SSSR count). The fraction of sp³-hybridized carbons (Fsp3) is 0.562. The minimum absolute atomic E-state index is 0.0239. The Morgan fingerprint density at radius 1 is 1.20 bits per heavy atom. The summed E-state index contributed by atoms with van der Waals surface area (Å²) in [6.07, 6.45) is 0.783. The highest BCUT2D eigenvalue weighted by molar-refractivity contribution is 5.74. The molecule has 0 aromatic heterocycles. The Balaban J connectivity index is 2.69. The minimum atomic E-state index is -0.243. The molecule has 2 atom stereocenters. The van der Waals surface area contributed by atoms with Crippen molar-refractivity contribution in [1.82, 2.24) is 10.6 Å². The first-order valence-corrected chi connectivity index (χ1v) is 7.04. The van der Waals surface area contributed by atoms with Crippen LogP contribution >= 0.6 is 0 Å². The van der Waals surface area contributed by atoms with Crippen LogP contribution in [0.25, 0.3) is 0 Å². The van der Waals surface area contributed by atoms with Crippen LogP contribution in [-0.2, 0) is 6.42 Å². The SMILES string of the molecule is CC(CO)NC(=O)NC(Cc1ccccc1)C(C)(C)C. The second-order valence-corrected chi connectivity index (χ2v) is 6.31. The van der Waals surface area contributed by atoms with Gasteiger partial charge < -0.3 is 15.7 Å². The zero-order valence-corrected chi connectivity index (χ0v) is 12.8. The third kappa shape index (κ3) is 5.61. The highest BCUT2D eigenvalue weighted by Gasteiger charge is 2.26. The summed E-state index contributed by atoms with van der Waals surface area (Å²) in [5.74, 6) is 0. The van der Waals surface area contributed by atoms with Crippen molar-refractivity contribution in [2.45, 2.75) is 46.2 Å². The van der Waals surface area contributed by atoms with E-state index in [4.69, 9.17) is 5.11 Å². The summed E-state index contributed by atoms with van der Waals surface area (Å²) in [6.45, 7) is 8.03. The lowest BCUT2D eigenvalue weighted by Gasteiger charge is -2.32. The van der Waals surface area contributed by atoms with Gasteiger partial charge in [0.1, 0.15) is 0 Å². The highest BCUT2D eigenvalue weighted by atomic mass is 16.3. The first-order chi connectivity index (χ1) is 9.32. The molecule has 0 aliphatic rings. The molecule has 3 N–H and O–H groups in total. The maximum absolute atomic E-state index is 11.9. The fourth-order valence-electron chi connectivity index (χ4n) is 1.89. The third-order valence-electron chi connectivity index (χ3n) is 3.28. The molecule has 1 aromatic rings. The van der Waals surface area contributed by atoms with E-state index in [9.17, 15) is 4.79 Å². The van der Waals surface area contributed by atoms with Crippen LogP contribution in [-0.4, -0.2) is 29.8 Å². The molecule has 2 unspecified atom stereocenters. The van der Waals surface area contributed by atoms with Gasteiger partial charge in [0, 0.05) is 6.04 Å². The van der Waals surface area contributed by atoms with Gasteiger partial charge in [0.05, 0.1) is 12.6 Å². The van der Waals surface area contributed by atoms with Crippen molar-refractivity contribution < 1.29 is 9.90 Å². The number of carbonyl (C=O) groups is 1. The molecule has 0 saturated carbocycles. The smallest absolute Gasteiger partial charge is 0.315 e. The fourth-order valence-corrected chi connectivity index (χ4v) is 1.89. The number of hydrogen-bond donors (Lipinski definition) is 3. The van der Waals surface area contributed by atoms with Gasteiger partial charge in [-0.05, 0) is 24.3 Å². The lowest BCUT2D eigenvalue weighted by molar-refractivity contribution is 0.203. The lowest BCUT2D eigenvalue weighted by Crippen LogP contribution is -2.51. The first kappa shape index (κ1) is 16.5. The van der Waals surface area contributed by atoms with E-state index < -0.39 is 0 Å². The maximum atomic E-state index is 11.9. The van der Waals surface area contributed by atoms with Gasteiger partial charge in [0.15, 0.2) is 0 Å². The molecule has 0 bridgehead atoms. The molecule has 4 heteroatoms. The number of hydrogen-bond acceptors (Lipinski definition) is 2. The molecule has 0 radical (unpaired) electrons. The van der Waals surface area contributed by atoms with Crippen molar-refractivity contribution in [3.63, 3.8) is 0 Å². The van der Waals surface area contributed by atoms with Crippen LogP contribution in [0.4, 0.5) is 4.79 Å². The van der Waals surface area contributed by atoms with Crippen molar-refractivity contribution in [2.75, 3.05) is 6.61 Å². The summed E-state index contributed by atoms with van der Waals surface area (Å²) >= 11 is 0. The van der Waals surface area contributed by atoms with Crippen LogP contribution < -0.4 is 10.6 Å². The Morgan fingerprint density at radius 3 is 2.30 bits per heavy atom. The van der Waals surface area contributed by atoms with Crippen LogP contribution in [0.3, 0.4) is 0 Å². The van der Waals surface area contributed by atoms with Gasteiger partial charge in [-0.2, -0.15) is 0 Å². The summed E-state index contributed by atoms with van der Waals surface area (Å²) in [5.41, 5.74) is 1.15. The molecular weight excluding hydrogens is 252 g/mol. The Hall–Kier alpha value is -1.55. The van der Waals surface area contributed by atoms with Gasteiger partial charge in [-0.15, -0.1) is 0 Å². The number of carbonyl (C=O) groups excluding carboxylic acids is 1. The van der Waals surface area contributed by atoms with E-state index in [1.165, 1.54) is 5.56 Å². The predicted octanol–water partition coefficient (Wildman–Crippen LogP) is 2.32. The zero-order chi connectivity index (χ0) is 15.2. The van der Waals surface area contributed by atoms with E-state index in [0.29, 0.717) is 0 Å². The molecule has 0 saturated heterocycles. The number of aliphatic hydroxyl groups is 1. The predicted molar refractivity (Wildman–Crippen MR) is 81.6 cm³/mol. The molecule has 112 valence electrons. The highest BCUT2D eigenvalue weighted by Crippen LogP contribution is 2.22. The maximum Gasteiger partial charge on any atom is 0.315 e. The summed E-state index contributed by atoms with van der Waals surface area (Å²) in [4.78, 5) is 11.9. The molecular formula is C16H26N2O2. The quantitative estimate of drug-likeness (QED) is 0.774. The number of rotatable bonds is 5. The van der Waals surface area contributed by atoms with Gasteiger partial charge >= 0.3 is 6.03 Å². The molecule has 2 amide bonds. The van der Waals surface area contributed by atoms with E-state index in [1.54, 1.807) is 6.92 Å². The molecule has 20 heavy (non-hydrogen) atoms. The Morgan fingerprint density at radius 2 is 1.80 bits per heavy atom. The number of urea groups is 1. The summed E-state index contributed by atoms with van der Waals surface area (Å²) in [6, 6.07) is 9.67. The van der Waals surface area contributed by atoms with E-state index in [1.807, 2.05) is 18.2 Å². The molecule has 4 nitrogen and oxygen atoms in total. The topological polar surface area (TPSA) is 61.4 Å². The van der Waals surface area contributed by atoms with E-state index >= 15 is 0 Å². The van der Waals surface area contributed by atoms with Gasteiger partial charge in [0.25, 0.3) is 0 Å². The Kier molecular flexibility index (Phi) is 6.02. The van der Waals surface area contributed by atoms with Crippen LogP contribution in [0.1, 0.15) is 33.3 Å². The van der Waals surface area contributed by atoms with Crippen LogP contribution in [0.2, 0.25) is 0 Å². The number of amides is 2. The van der Waals surface area contributed by atoms with Crippen molar-refractivity contribution in [3.05, 3.63) is 35.9 Å². The first-order valence-electron chi connectivity index (χ1n) is 7.04. The molecule has 0 heterocycles. The van der Waals surface area contributed by atoms with Crippen molar-refractivity contribution in [2.24, 2.45) is 5.41 Å². The zero-order valence-electron chi connectivity index (χ0n) is 12.8. The summed E-state index contributed by atoms with van der Waals surface area (Å²) in [7, 11) is 0. The standard InChI is InChI=1S/C16H26N2O2/c1-12(11-19)17-15(20)18-14(16(2,3)4)10-13-8-6-5-7-9-13/h5-9,12,14,19H,10-11H2,1-4H3,(H2,17,18,20). The van der Waals surface area contributed by atoms with Crippen molar-refractivity contribution in [3.8, 4) is 0 Å². The largest absolute Gasteiger partial charge is 0.394 e. The molecule has 0 aliphatic carbocycles. The van der Waals surface area contributed by atoms with E-state index in [2.05, 4.69) is 43.5 Å². The Labute approximate surface area is 121 Å².